The number of fused-ring (bicyclic) bond motifs is 20. The maximum absolute atomic E-state index is 8.05. The molecule has 21 rings (SSSR count). The number of hydrogen-bond acceptors (Lipinski definition) is 4. The first kappa shape index (κ1) is 67.0. The lowest BCUT2D eigenvalue weighted by atomic mass is 9.30. The Balaban J connectivity index is 0.842. The minimum Gasteiger partial charge on any atom is -0.458 e. The highest BCUT2D eigenvalue weighted by molar-refractivity contribution is 7.02. The molecule has 4 nitrogen and oxygen atoms in total. The van der Waals surface area contributed by atoms with Crippen molar-refractivity contribution in [1.82, 2.24) is 0 Å². The molecule has 0 fully saturated rings. The first-order valence-corrected chi connectivity index (χ1v) is 39.8. The Kier molecular flexibility index (Phi) is 14.5. The molecule has 0 aromatic heterocycles. The van der Waals surface area contributed by atoms with Crippen molar-refractivity contribution in [2.75, 3.05) is 14.7 Å². The summed E-state index contributed by atoms with van der Waals surface area (Å²) in [5.74, 6) is 1.73. The predicted octanol–water partition coefficient (Wildman–Crippen LogP) is 23.9. The normalized spacial score (nSPS) is 14.4. The van der Waals surface area contributed by atoms with Gasteiger partial charge in [-0.15, -0.1) is 0 Å². The van der Waals surface area contributed by atoms with E-state index in [1.807, 2.05) is 0 Å². The van der Waals surface area contributed by atoms with Crippen molar-refractivity contribution in [3.05, 3.63) is 354 Å². The summed E-state index contributed by atoms with van der Waals surface area (Å²) < 4.78 is 8.05. The molecule has 0 radical (unpaired) electrons. The lowest BCUT2D eigenvalue weighted by Gasteiger charge is -2.47. The fraction of sp³-hybridized carbons (Fsp3) is 0.162. The van der Waals surface area contributed by atoms with Crippen LogP contribution in [-0.2, 0) is 27.1 Å². The van der Waals surface area contributed by atoms with Crippen LogP contribution in [0.5, 0.6) is 11.5 Å². The first-order chi connectivity index (χ1) is 53.6. The summed E-state index contributed by atoms with van der Waals surface area (Å²) in [7, 11) is 0. The van der Waals surface area contributed by atoms with Gasteiger partial charge >= 0.3 is 0 Å². The molecule has 0 saturated heterocycles. The number of nitrogens with zero attached hydrogens (tertiary/aromatic N) is 3. The topological polar surface area (TPSA) is 19.0 Å². The third-order valence-corrected chi connectivity index (χ3v) is 25.2. The highest BCUT2D eigenvalue weighted by Gasteiger charge is 2.54. The smallest absolute Gasteiger partial charge is 0.256 e. The van der Waals surface area contributed by atoms with Crippen molar-refractivity contribution >= 4 is 108 Å². The van der Waals surface area contributed by atoms with Crippen LogP contribution in [0.1, 0.15) is 128 Å². The standard InChI is InChI=1S/C105H87B2N3O/c1-101(2,3)68-55-69(102(4,5)6)57-73(56-68)108-91-63-94-88(62-87(91)106-86-48-29-31-50-90(86)110(93-61-71(104(10,11)12)60-92(108)97(93)106)99-80(64-33-16-13-17-34-64)58-70(103(7,8)9)59-81(99)65-35-18-14-19-36-65)107-85-47-28-30-49-89(85)109(72-37-20-15-21-38-72)100-75-52-51-66(53-67(75)54-95(111-94)98(100)107)74-42-32-43-79-78-41-24-27-46-84(78)105(96(74)79)82-44-25-22-39-76(82)77-40-23-26-45-83(77)105/h13-63H,1-12H3. The van der Waals surface area contributed by atoms with Gasteiger partial charge in [0.2, 0.25) is 0 Å². The second-order valence-corrected chi connectivity index (χ2v) is 35.9. The quantitative estimate of drug-likeness (QED) is 0.154. The summed E-state index contributed by atoms with van der Waals surface area (Å²) in [6, 6.07) is 119. The van der Waals surface area contributed by atoms with Gasteiger partial charge in [0, 0.05) is 62.4 Å². The van der Waals surface area contributed by atoms with Gasteiger partial charge in [0.05, 0.1) is 16.8 Å². The average Bonchev–Trinajstić information content (AvgIpc) is 1.43. The molecular weight excluding hydrogens is 1340 g/mol. The van der Waals surface area contributed by atoms with Gasteiger partial charge in [0.25, 0.3) is 13.4 Å². The van der Waals surface area contributed by atoms with E-state index in [1.54, 1.807) is 0 Å². The Labute approximate surface area is 654 Å². The zero-order chi connectivity index (χ0) is 75.5. The Morgan fingerprint density at radius 3 is 1.30 bits per heavy atom. The van der Waals surface area contributed by atoms with Crippen LogP contribution in [0.4, 0.5) is 51.2 Å². The molecule has 6 heteroatoms. The van der Waals surface area contributed by atoms with Crippen molar-refractivity contribution in [2.24, 2.45) is 0 Å². The van der Waals surface area contributed by atoms with Crippen LogP contribution in [0.25, 0.3) is 66.4 Å². The van der Waals surface area contributed by atoms with E-state index in [9.17, 15) is 0 Å². The Bertz CT molecular complexity index is 6290. The first-order valence-electron chi connectivity index (χ1n) is 39.8. The zero-order valence-corrected chi connectivity index (χ0v) is 65.3. The number of ether oxygens (including phenoxy) is 1. The van der Waals surface area contributed by atoms with Gasteiger partial charge in [-0.05, 0) is 222 Å². The number of benzene rings is 15. The molecule has 15 aromatic carbocycles. The van der Waals surface area contributed by atoms with Crippen LogP contribution in [0.2, 0.25) is 0 Å². The molecule has 6 aliphatic rings. The Morgan fingerprint density at radius 1 is 0.270 bits per heavy atom. The van der Waals surface area contributed by atoms with Crippen molar-refractivity contribution < 1.29 is 4.74 Å². The fourth-order valence-electron chi connectivity index (χ4n) is 19.9. The largest absolute Gasteiger partial charge is 0.458 e. The third kappa shape index (κ3) is 9.88. The second kappa shape index (κ2) is 23.9. The minimum absolute atomic E-state index is 0.155. The van der Waals surface area contributed by atoms with Gasteiger partial charge in [-0.25, -0.2) is 0 Å². The summed E-state index contributed by atoms with van der Waals surface area (Å²) in [4.78, 5) is 7.90. The molecule has 0 amide bonds. The highest BCUT2D eigenvalue weighted by Crippen LogP contribution is 2.65. The number of anilines is 9. The van der Waals surface area contributed by atoms with Gasteiger partial charge in [-0.2, -0.15) is 0 Å². The monoisotopic (exact) mass is 1430 g/mol. The lowest BCUT2D eigenvalue weighted by Crippen LogP contribution is -2.64. The molecule has 4 aliphatic heterocycles. The van der Waals surface area contributed by atoms with Crippen LogP contribution in [-0.4, -0.2) is 13.4 Å². The molecule has 111 heavy (non-hydrogen) atoms. The van der Waals surface area contributed by atoms with E-state index in [0.717, 1.165) is 50.8 Å². The Hall–Kier alpha value is -12.1. The summed E-state index contributed by atoms with van der Waals surface area (Å²) in [5, 5.41) is 2.28. The molecule has 0 unspecified atom stereocenters. The van der Waals surface area contributed by atoms with Crippen LogP contribution >= 0.6 is 0 Å². The third-order valence-electron chi connectivity index (χ3n) is 25.2. The van der Waals surface area contributed by atoms with E-state index in [1.165, 1.54) is 156 Å². The molecule has 0 bridgehead atoms. The summed E-state index contributed by atoms with van der Waals surface area (Å²) in [6.45, 7) is 28.0. The van der Waals surface area contributed by atoms with Crippen molar-refractivity contribution in [1.29, 1.82) is 0 Å². The van der Waals surface area contributed by atoms with Crippen LogP contribution < -0.4 is 52.2 Å². The molecule has 0 atom stereocenters. The number of para-hydroxylation sites is 3. The molecular formula is C105H87B2N3O. The molecule has 2 aliphatic carbocycles. The van der Waals surface area contributed by atoms with E-state index in [4.69, 9.17) is 4.74 Å². The van der Waals surface area contributed by atoms with Gasteiger partial charge in [0.1, 0.15) is 11.5 Å². The van der Waals surface area contributed by atoms with E-state index in [-0.39, 0.29) is 35.1 Å². The summed E-state index contributed by atoms with van der Waals surface area (Å²) in [6.07, 6.45) is 0. The predicted molar refractivity (Wildman–Crippen MR) is 471 cm³/mol. The van der Waals surface area contributed by atoms with Crippen molar-refractivity contribution in [3.63, 3.8) is 0 Å². The van der Waals surface area contributed by atoms with Gasteiger partial charge in [0.15, 0.2) is 0 Å². The molecule has 0 N–H and O–H groups in total. The maximum Gasteiger partial charge on any atom is 0.256 e. The van der Waals surface area contributed by atoms with Gasteiger partial charge in [-0.3, -0.25) is 0 Å². The molecule has 1 spiro atoms. The number of rotatable bonds is 6. The lowest BCUT2D eigenvalue weighted by molar-refractivity contribution is 0.488. The van der Waals surface area contributed by atoms with E-state index in [0.29, 0.717) is 0 Å². The maximum atomic E-state index is 8.05. The molecule has 534 valence electrons. The molecule has 4 heterocycles. The molecule has 0 saturated carbocycles. The average molecular weight is 1430 g/mol. The highest BCUT2D eigenvalue weighted by atomic mass is 16.5. The van der Waals surface area contributed by atoms with Crippen LogP contribution in [0, 0.1) is 0 Å². The van der Waals surface area contributed by atoms with Crippen LogP contribution in [0.3, 0.4) is 0 Å². The van der Waals surface area contributed by atoms with E-state index >= 15 is 0 Å². The van der Waals surface area contributed by atoms with Crippen molar-refractivity contribution in [2.45, 2.75) is 110 Å². The number of hydrogen-bond donors (Lipinski definition) is 0. The summed E-state index contributed by atoms with van der Waals surface area (Å²) >= 11 is 0. The van der Waals surface area contributed by atoms with E-state index in [2.05, 4.69) is 407 Å². The van der Waals surface area contributed by atoms with Gasteiger partial charge in [-0.1, -0.05) is 314 Å². The van der Waals surface area contributed by atoms with Crippen LogP contribution in [0.15, 0.2) is 309 Å². The summed E-state index contributed by atoms with van der Waals surface area (Å²) in [5.41, 5.74) is 39.2. The Morgan fingerprint density at radius 2 is 0.730 bits per heavy atom. The molecule has 15 aromatic rings. The van der Waals surface area contributed by atoms with Gasteiger partial charge < -0.3 is 19.4 Å². The fourth-order valence-corrected chi connectivity index (χ4v) is 19.9. The second-order valence-electron chi connectivity index (χ2n) is 35.9. The van der Waals surface area contributed by atoms with Crippen molar-refractivity contribution in [3.8, 4) is 67.1 Å². The zero-order valence-electron chi connectivity index (χ0n) is 65.3. The van der Waals surface area contributed by atoms with E-state index < -0.39 is 5.41 Å². The SMILES string of the molecule is CC(C)(C)c1cc(N2c3cc4c(cc3B3c5ccccc5N(c5c(-c6ccccc6)cc(C(C)(C)C)cc5-c5ccccc5)c5cc(C(C)(C)C)cc2c53)B2c3ccccc3N(c3ccccc3)c3c2c(cc2cc(-c5cccc6c5C5(c7ccccc7-c7ccccc75)c5ccccc5-6)ccc32)O4)cc(C(C)(C)C)c1. The minimum atomic E-state index is -0.526.